The second kappa shape index (κ2) is 9.88. The molecule has 1 aromatic heterocycles. The zero-order chi connectivity index (χ0) is 21.1. The predicted molar refractivity (Wildman–Crippen MR) is 137 cm³/mol. The van der Waals surface area contributed by atoms with Crippen molar-refractivity contribution in [2.45, 2.75) is 31.2 Å². The average Bonchev–Trinajstić information content (AvgIpc) is 3.21. The highest BCUT2D eigenvalue weighted by Crippen LogP contribution is 2.38. The van der Waals surface area contributed by atoms with Gasteiger partial charge in [-0.25, -0.2) is 0 Å². The number of hydrogen-bond acceptors (Lipinski definition) is 3. The van der Waals surface area contributed by atoms with Crippen LogP contribution in [0.5, 0.6) is 0 Å². The Morgan fingerprint density at radius 2 is 1.50 bits per heavy atom. The molecule has 0 saturated heterocycles. The molecule has 162 valence electrons. The van der Waals surface area contributed by atoms with Crippen LogP contribution in [0.4, 0.5) is 0 Å². The van der Waals surface area contributed by atoms with Crippen LogP contribution in [0.15, 0.2) is 84.9 Å². The highest BCUT2D eigenvalue weighted by atomic mass is 35.5. The van der Waals surface area contributed by atoms with Gasteiger partial charge in [-0.05, 0) is 54.0 Å². The van der Waals surface area contributed by atoms with Crippen molar-refractivity contribution >= 4 is 33.8 Å². The van der Waals surface area contributed by atoms with E-state index in [0.717, 1.165) is 50.0 Å². The van der Waals surface area contributed by atoms with Gasteiger partial charge in [0, 0.05) is 22.7 Å². The molecule has 0 aliphatic carbocycles. The lowest BCUT2D eigenvalue weighted by atomic mass is 9.72. The quantitative estimate of drug-likeness (QED) is 0.312. The van der Waals surface area contributed by atoms with E-state index in [1.165, 1.54) is 15.6 Å². The number of fused-ring (bicyclic) bond motifs is 3. The lowest BCUT2D eigenvalue weighted by Gasteiger charge is -2.31. The molecule has 3 aromatic carbocycles. The van der Waals surface area contributed by atoms with Gasteiger partial charge in [0.15, 0.2) is 0 Å². The normalized spacial score (nSPS) is 13.8. The largest absolute Gasteiger partial charge is 0.299 e. The average molecular weight is 459 g/mol. The summed E-state index contributed by atoms with van der Waals surface area (Å²) in [5.41, 5.74) is 3.10. The molecule has 0 fully saturated rings. The molecule has 32 heavy (non-hydrogen) atoms. The first-order chi connectivity index (χ1) is 15.3. The van der Waals surface area contributed by atoms with Gasteiger partial charge in [0.25, 0.3) is 0 Å². The van der Waals surface area contributed by atoms with Crippen molar-refractivity contribution in [2.75, 3.05) is 13.1 Å². The summed E-state index contributed by atoms with van der Waals surface area (Å²) in [6, 6.07) is 32.1. The molecule has 4 heteroatoms. The maximum atomic E-state index is 10.4. The van der Waals surface area contributed by atoms with Crippen LogP contribution in [0, 0.1) is 11.3 Å². The molecule has 5 rings (SSSR count). The summed E-state index contributed by atoms with van der Waals surface area (Å²) in [4.78, 5) is 4.12. The van der Waals surface area contributed by atoms with Gasteiger partial charge in [-0.15, -0.1) is 23.7 Å². The van der Waals surface area contributed by atoms with E-state index in [-0.39, 0.29) is 12.4 Å². The van der Waals surface area contributed by atoms with Crippen molar-refractivity contribution in [3.05, 3.63) is 106 Å². The summed E-state index contributed by atoms with van der Waals surface area (Å²) in [6.45, 7) is 3.15. The molecule has 0 unspecified atom stereocenters. The van der Waals surface area contributed by atoms with Gasteiger partial charge in [0.05, 0.1) is 6.07 Å². The fourth-order valence-electron chi connectivity index (χ4n) is 4.93. The number of hydrogen-bond donors (Lipinski definition) is 0. The molecule has 0 spiro atoms. The van der Waals surface area contributed by atoms with Crippen LogP contribution in [-0.4, -0.2) is 18.0 Å². The van der Waals surface area contributed by atoms with Crippen molar-refractivity contribution in [3.63, 3.8) is 0 Å². The lowest BCUT2D eigenvalue weighted by molar-refractivity contribution is 0.248. The summed E-state index contributed by atoms with van der Waals surface area (Å²) in [5.74, 6) is 0. The molecule has 1 aliphatic rings. The van der Waals surface area contributed by atoms with Crippen molar-refractivity contribution < 1.29 is 0 Å². The Kier molecular flexibility index (Phi) is 6.96. The van der Waals surface area contributed by atoms with E-state index in [0.29, 0.717) is 0 Å². The summed E-state index contributed by atoms with van der Waals surface area (Å²) in [5, 5.41) is 11.8. The molecular formula is C28H27ClN2S. The highest BCUT2D eigenvalue weighted by Gasteiger charge is 2.34. The van der Waals surface area contributed by atoms with Gasteiger partial charge in [-0.1, -0.05) is 78.9 Å². The number of nitrogens with zero attached hydrogens (tertiary/aromatic N) is 2. The van der Waals surface area contributed by atoms with E-state index < -0.39 is 5.41 Å². The number of nitriles is 1. The van der Waals surface area contributed by atoms with E-state index in [9.17, 15) is 5.26 Å². The maximum absolute atomic E-state index is 10.4. The van der Waals surface area contributed by atoms with Crippen LogP contribution in [0.1, 0.15) is 34.4 Å². The Balaban J connectivity index is 0.00000245. The minimum atomic E-state index is -0.599. The van der Waals surface area contributed by atoms with Gasteiger partial charge < -0.3 is 0 Å². The topological polar surface area (TPSA) is 27.0 Å². The van der Waals surface area contributed by atoms with E-state index in [1.54, 1.807) is 4.88 Å². The Bertz CT molecular complexity index is 1170. The van der Waals surface area contributed by atoms with Crippen LogP contribution in [-0.2, 0) is 18.4 Å². The minimum absolute atomic E-state index is 0. The zero-order valence-corrected chi connectivity index (χ0v) is 19.7. The predicted octanol–water partition coefficient (Wildman–Crippen LogP) is 6.97. The number of halogens is 1. The Morgan fingerprint density at radius 1 is 0.875 bits per heavy atom. The third-order valence-corrected chi connectivity index (χ3v) is 7.84. The van der Waals surface area contributed by atoms with Crippen molar-refractivity contribution in [1.29, 1.82) is 5.26 Å². The molecular weight excluding hydrogens is 432 g/mol. The minimum Gasteiger partial charge on any atom is -0.299 e. The van der Waals surface area contributed by atoms with Crippen LogP contribution >= 0.6 is 23.7 Å². The molecule has 2 heterocycles. The van der Waals surface area contributed by atoms with Crippen molar-refractivity contribution in [3.8, 4) is 6.07 Å². The first-order valence-corrected chi connectivity index (χ1v) is 11.9. The molecule has 4 aromatic rings. The number of rotatable bonds is 6. The van der Waals surface area contributed by atoms with E-state index in [1.807, 2.05) is 47.7 Å². The molecule has 1 aliphatic heterocycles. The molecule has 2 nitrogen and oxygen atoms in total. The summed E-state index contributed by atoms with van der Waals surface area (Å²) in [6.07, 6.45) is 2.95. The highest BCUT2D eigenvalue weighted by molar-refractivity contribution is 7.19. The third-order valence-electron chi connectivity index (χ3n) is 6.57. The van der Waals surface area contributed by atoms with Crippen LogP contribution in [0.2, 0.25) is 0 Å². The standard InChI is InChI=1S/C28H26N2S.ClH/c29-21-28(22-10-3-1-4-11-22,23-12-5-2-6-13-23)17-9-18-30-19-16-27-25(20-30)24-14-7-8-15-26(24)31-27;/h1-8,10-15H,9,16-20H2;1H. The Hall–Kier alpha value is -2.64. The molecule has 0 saturated carbocycles. The lowest BCUT2D eigenvalue weighted by Crippen LogP contribution is -2.32. The first-order valence-electron chi connectivity index (χ1n) is 11.0. The summed E-state index contributed by atoms with van der Waals surface area (Å²) >= 11 is 1.96. The Morgan fingerprint density at radius 3 is 2.16 bits per heavy atom. The fourth-order valence-corrected chi connectivity index (χ4v) is 6.14. The Labute approximate surface area is 200 Å². The zero-order valence-electron chi connectivity index (χ0n) is 18.0. The van der Waals surface area contributed by atoms with Gasteiger partial charge in [0.1, 0.15) is 5.41 Å². The van der Waals surface area contributed by atoms with E-state index >= 15 is 0 Å². The molecule has 0 radical (unpaired) electrons. The van der Waals surface area contributed by atoms with Crippen LogP contribution in [0.3, 0.4) is 0 Å². The number of thiophene rings is 1. The molecule has 0 amide bonds. The van der Waals surface area contributed by atoms with Gasteiger partial charge in [0.2, 0.25) is 0 Å². The van der Waals surface area contributed by atoms with Crippen molar-refractivity contribution in [1.82, 2.24) is 4.90 Å². The molecule has 0 atom stereocenters. The third kappa shape index (κ3) is 4.19. The first kappa shape index (κ1) is 22.6. The van der Waals surface area contributed by atoms with Crippen molar-refractivity contribution in [2.24, 2.45) is 0 Å². The van der Waals surface area contributed by atoms with Gasteiger partial charge in [-0.3, -0.25) is 4.90 Å². The van der Waals surface area contributed by atoms with Gasteiger partial charge >= 0.3 is 0 Å². The fraction of sp³-hybridized carbons (Fsp3) is 0.250. The molecule has 0 N–H and O–H groups in total. The summed E-state index contributed by atoms with van der Waals surface area (Å²) in [7, 11) is 0. The summed E-state index contributed by atoms with van der Waals surface area (Å²) < 4.78 is 1.41. The van der Waals surface area contributed by atoms with E-state index in [2.05, 4.69) is 59.5 Å². The van der Waals surface area contributed by atoms with Gasteiger partial charge in [-0.2, -0.15) is 5.26 Å². The number of benzene rings is 3. The maximum Gasteiger partial charge on any atom is 0.107 e. The SMILES string of the molecule is Cl.N#CC(CCCN1CCc2sc3ccccc3c2C1)(c1ccccc1)c1ccccc1. The van der Waals surface area contributed by atoms with Crippen LogP contribution < -0.4 is 0 Å². The second-order valence-electron chi connectivity index (χ2n) is 8.38. The smallest absolute Gasteiger partial charge is 0.107 e. The molecule has 0 bridgehead atoms. The second-order valence-corrected chi connectivity index (χ2v) is 9.52. The monoisotopic (exact) mass is 458 g/mol. The van der Waals surface area contributed by atoms with Crippen LogP contribution in [0.25, 0.3) is 10.1 Å². The van der Waals surface area contributed by atoms with E-state index in [4.69, 9.17) is 0 Å².